The molecule has 2 aromatic rings. The van der Waals surface area contributed by atoms with Gasteiger partial charge >= 0.3 is 0 Å². The molecular formula is C16H17FN2S. The zero-order chi connectivity index (χ0) is 14.7. The Morgan fingerprint density at radius 1 is 1.20 bits per heavy atom. The summed E-state index contributed by atoms with van der Waals surface area (Å²) in [7, 11) is 0. The lowest BCUT2D eigenvalue weighted by atomic mass is 10.1. The zero-order valence-electron chi connectivity index (χ0n) is 11.6. The van der Waals surface area contributed by atoms with Gasteiger partial charge in [0, 0.05) is 23.5 Å². The first-order valence-corrected chi connectivity index (χ1v) is 6.87. The second kappa shape index (κ2) is 6.01. The molecule has 0 bridgehead atoms. The zero-order valence-corrected chi connectivity index (χ0v) is 12.4. The molecule has 0 aliphatic carbocycles. The average molecular weight is 288 g/mol. The molecule has 0 amide bonds. The van der Waals surface area contributed by atoms with Crippen LogP contribution in [0.1, 0.15) is 18.1 Å². The Bertz CT molecular complexity index is 640. The summed E-state index contributed by atoms with van der Waals surface area (Å²) < 4.78 is 14.0. The number of aryl methyl sites for hydroxylation is 1. The summed E-state index contributed by atoms with van der Waals surface area (Å²) in [5, 5.41) is 0. The van der Waals surface area contributed by atoms with Gasteiger partial charge in [-0.1, -0.05) is 24.4 Å². The predicted molar refractivity (Wildman–Crippen MR) is 86.1 cm³/mol. The molecule has 104 valence electrons. The van der Waals surface area contributed by atoms with Crippen molar-refractivity contribution in [1.82, 2.24) is 0 Å². The Balaban J connectivity index is 2.42. The van der Waals surface area contributed by atoms with Gasteiger partial charge in [-0.25, -0.2) is 4.39 Å². The third-order valence-electron chi connectivity index (χ3n) is 3.16. The standard InChI is InChI=1S/C16H17FN2S/c1-3-19(12-6-4-5-11(2)9-12)13-7-8-14(16(18)20)15(17)10-13/h4-10H,3H2,1-2H3,(H2,18,20). The van der Waals surface area contributed by atoms with Crippen molar-refractivity contribution >= 4 is 28.6 Å². The molecular weight excluding hydrogens is 271 g/mol. The predicted octanol–water partition coefficient (Wildman–Crippen LogP) is 3.93. The van der Waals surface area contributed by atoms with Crippen molar-refractivity contribution in [1.29, 1.82) is 0 Å². The number of halogens is 1. The van der Waals surface area contributed by atoms with Crippen molar-refractivity contribution < 1.29 is 4.39 Å². The van der Waals surface area contributed by atoms with E-state index in [1.807, 2.05) is 43.0 Å². The molecule has 2 N–H and O–H groups in total. The largest absolute Gasteiger partial charge is 0.389 e. The van der Waals surface area contributed by atoms with E-state index in [4.69, 9.17) is 18.0 Å². The lowest BCUT2D eigenvalue weighted by Crippen LogP contribution is -2.17. The van der Waals surface area contributed by atoms with Crippen molar-refractivity contribution in [2.75, 3.05) is 11.4 Å². The molecule has 0 saturated carbocycles. The highest BCUT2D eigenvalue weighted by Crippen LogP contribution is 2.27. The van der Waals surface area contributed by atoms with Gasteiger partial charge in [0.15, 0.2) is 0 Å². The quantitative estimate of drug-likeness (QED) is 0.864. The van der Waals surface area contributed by atoms with Gasteiger partial charge < -0.3 is 10.6 Å². The molecule has 2 nitrogen and oxygen atoms in total. The number of nitrogens with zero attached hydrogens (tertiary/aromatic N) is 1. The van der Waals surface area contributed by atoms with Gasteiger partial charge in [-0.3, -0.25) is 0 Å². The molecule has 0 heterocycles. The molecule has 20 heavy (non-hydrogen) atoms. The second-order valence-corrected chi connectivity index (χ2v) is 5.05. The molecule has 0 unspecified atom stereocenters. The maximum Gasteiger partial charge on any atom is 0.135 e. The summed E-state index contributed by atoms with van der Waals surface area (Å²) >= 11 is 4.82. The Hall–Kier alpha value is -1.94. The smallest absolute Gasteiger partial charge is 0.135 e. The van der Waals surface area contributed by atoms with Gasteiger partial charge in [0.25, 0.3) is 0 Å². The lowest BCUT2D eigenvalue weighted by molar-refractivity contribution is 0.625. The number of hydrogen-bond acceptors (Lipinski definition) is 2. The fraction of sp³-hybridized carbons (Fsp3) is 0.188. The van der Waals surface area contributed by atoms with E-state index in [2.05, 4.69) is 6.07 Å². The minimum Gasteiger partial charge on any atom is -0.389 e. The van der Waals surface area contributed by atoms with Crippen LogP contribution in [0.5, 0.6) is 0 Å². The minimum absolute atomic E-state index is 0.0765. The maximum absolute atomic E-state index is 14.0. The van der Waals surface area contributed by atoms with E-state index >= 15 is 0 Å². The molecule has 0 fully saturated rings. The van der Waals surface area contributed by atoms with Crippen LogP contribution >= 0.6 is 12.2 Å². The number of anilines is 2. The molecule has 0 aliphatic heterocycles. The summed E-state index contributed by atoms with van der Waals surface area (Å²) in [6.45, 7) is 4.81. The Morgan fingerprint density at radius 2 is 1.90 bits per heavy atom. The summed E-state index contributed by atoms with van der Waals surface area (Å²) in [6, 6.07) is 13.1. The van der Waals surface area contributed by atoms with E-state index in [1.54, 1.807) is 6.07 Å². The molecule has 2 rings (SSSR count). The van der Waals surface area contributed by atoms with Crippen LogP contribution in [0.2, 0.25) is 0 Å². The fourth-order valence-electron chi connectivity index (χ4n) is 2.18. The number of rotatable bonds is 4. The summed E-state index contributed by atoms with van der Waals surface area (Å²) in [6.07, 6.45) is 0. The number of nitrogens with two attached hydrogens (primary N) is 1. The molecule has 0 radical (unpaired) electrons. The summed E-state index contributed by atoms with van der Waals surface area (Å²) in [4.78, 5) is 2.12. The number of benzene rings is 2. The molecule has 0 saturated heterocycles. The molecule has 0 spiro atoms. The van der Waals surface area contributed by atoms with Gasteiger partial charge in [-0.2, -0.15) is 0 Å². The van der Waals surface area contributed by atoms with Crippen molar-refractivity contribution in [3.63, 3.8) is 0 Å². The monoisotopic (exact) mass is 288 g/mol. The van der Waals surface area contributed by atoms with Crippen LogP contribution < -0.4 is 10.6 Å². The molecule has 0 aliphatic rings. The Labute approximate surface area is 124 Å². The van der Waals surface area contributed by atoms with Crippen molar-refractivity contribution in [3.05, 3.63) is 59.4 Å². The van der Waals surface area contributed by atoms with Crippen molar-refractivity contribution in [2.24, 2.45) is 5.73 Å². The van der Waals surface area contributed by atoms with Gasteiger partial charge in [0.05, 0.1) is 0 Å². The van der Waals surface area contributed by atoms with Crippen LogP contribution in [0.4, 0.5) is 15.8 Å². The molecule has 0 aromatic heterocycles. The van der Waals surface area contributed by atoms with Gasteiger partial charge in [0.1, 0.15) is 10.8 Å². The highest BCUT2D eigenvalue weighted by molar-refractivity contribution is 7.80. The normalized spacial score (nSPS) is 10.3. The van der Waals surface area contributed by atoms with E-state index in [0.29, 0.717) is 0 Å². The average Bonchev–Trinajstić information content (AvgIpc) is 2.39. The fourth-order valence-corrected chi connectivity index (χ4v) is 2.35. The lowest BCUT2D eigenvalue weighted by Gasteiger charge is -2.24. The van der Waals surface area contributed by atoms with Gasteiger partial charge in [0.2, 0.25) is 0 Å². The third kappa shape index (κ3) is 2.96. The van der Waals surface area contributed by atoms with E-state index in [-0.39, 0.29) is 16.4 Å². The Kier molecular flexibility index (Phi) is 4.35. The van der Waals surface area contributed by atoms with E-state index in [9.17, 15) is 4.39 Å². The first-order valence-electron chi connectivity index (χ1n) is 6.46. The number of thiocarbonyl (C=S) groups is 1. The van der Waals surface area contributed by atoms with Crippen LogP contribution in [0, 0.1) is 12.7 Å². The third-order valence-corrected chi connectivity index (χ3v) is 3.38. The van der Waals surface area contributed by atoms with E-state index in [0.717, 1.165) is 17.9 Å². The maximum atomic E-state index is 14.0. The molecule has 2 aromatic carbocycles. The van der Waals surface area contributed by atoms with Gasteiger partial charge in [-0.15, -0.1) is 0 Å². The highest BCUT2D eigenvalue weighted by Gasteiger charge is 2.11. The van der Waals surface area contributed by atoms with E-state index in [1.165, 1.54) is 11.6 Å². The van der Waals surface area contributed by atoms with E-state index < -0.39 is 0 Å². The molecule has 4 heteroatoms. The Morgan fingerprint density at radius 3 is 2.45 bits per heavy atom. The SMILES string of the molecule is CCN(c1cccc(C)c1)c1ccc(C(N)=S)c(F)c1. The summed E-state index contributed by atoms with van der Waals surface area (Å²) in [5.74, 6) is -0.388. The van der Waals surface area contributed by atoms with Crippen LogP contribution in [0.15, 0.2) is 42.5 Å². The van der Waals surface area contributed by atoms with Gasteiger partial charge in [-0.05, 0) is 49.7 Å². The second-order valence-electron chi connectivity index (χ2n) is 4.61. The summed E-state index contributed by atoms with van der Waals surface area (Å²) in [5.41, 5.74) is 8.76. The minimum atomic E-state index is -0.388. The van der Waals surface area contributed by atoms with Crippen molar-refractivity contribution in [3.8, 4) is 0 Å². The van der Waals surface area contributed by atoms with Crippen LogP contribution in [0.25, 0.3) is 0 Å². The van der Waals surface area contributed by atoms with Crippen LogP contribution in [0.3, 0.4) is 0 Å². The van der Waals surface area contributed by atoms with Crippen molar-refractivity contribution in [2.45, 2.75) is 13.8 Å². The number of hydrogen-bond donors (Lipinski definition) is 1. The van der Waals surface area contributed by atoms with Crippen LogP contribution in [-0.4, -0.2) is 11.5 Å². The van der Waals surface area contributed by atoms with Crippen LogP contribution in [-0.2, 0) is 0 Å². The first kappa shape index (κ1) is 14.5. The first-order chi connectivity index (χ1) is 9.52. The highest BCUT2D eigenvalue weighted by atomic mass is 32.1. The topological polar surface area (TPSA) is 29.3 Å². The molecule has 0 atom stereocenters.